The molecule has 0 aliphatic carbocycles. The van der Waals surface area contributed by atoms with Gasteiger partial charge >= 0.3 is 0 Å². The SMILES string of the molecule is CNc1cc(-c2cc(OC)ccc2OC)nc(C)n1. The van der Waals surface area contributed by atoms with Gasteiger partial charge in [0, 0.05) is 18.7 Å². The molecule has 0 saturated carbocycles. The predicted molar refractivity (Wildman–Crippen MR) is 74.9 cm³/mol. The first kappa shape index (κ1) is 13.1. The normalized spacial score (nSPS) is 10.1. The number of aromatic nitrogens is 2. The summed E-state index contributed by atoms with van der Waals surface area (Å²) < 4.78 is 10.6. The summed E-state index contributed by atoms with van der Waals surface area (Å²) in [5, 5.41) is 3.02. The minimum atomic E-state index is 0.701. The van der Waals surface area contributed by atoms with Crippen LogP contribution in [0, 0.1) is 6.92 Å². The van der Waals surface area contributed by atoms with Crippen molar-refractivity contribution in [2.75, 3.05) is 26.6 Å². The maximum absolute atomic E-state index is 5.38. The second kappa shape index (κ2) is 5.56. The van der Waals surface area contributed by atoms with E-state index in [0.29, 0.717) is 5.82 Å². The standard InChI is InChI=1S/C14H17N3O2/c1-9-16-12(8-14(15-2)17-9)11-7-10(18-3)5-6-13(11)19-4/h5-8H,1-4H3,(H,15,16,17). The highest BCUT2D eigenvalue weighted by molar-refractivity contribution is 5.71. The monoisotopic (exact) mass is 259 g/mol. The Labute approximate surface area is 112 Å². The van der Waals surface area contributed by atoms with Crippen LogP contribution in [-0.2, 0) is 0 Å². The van der Waals surface area contributed by atoms with Crippen molar-refractivity contribution < 1.29 is 9.47 Å². The third-order valence-corrected chi connectivity index (χ3v) is 2.78. The van der Waals surface area contributed by atoms with E-state index in [1.165, 1.54) is 0 Å². The fraction of sp³-hybridized carbons (Fsp3) is 0.286. The highest BCUT2D eigenvalue weighted by Gasteiger charge is 2.11. The van der Waals surface area contributed by atoms with E-state index in [1.54, 1.807) is 14.2 Å². The number of aryl methyl sites for hydroxylation is 1. The highest BCUT2D eigenvalue weighted by Crippen LogP contribution is 2.33. The van der Waals surface area contributed by atoms with Crippen LogP contribution in [0.2, 0.25) is 0 Å². The Morgan fingerprint density at radius 1 is 1.05 bits per heavy atom. The van der Waals surface area contributed by atoms with Crippen molar-refractivity contribution in [3.8, 4) is 22.8 Å². The Hall–Kier alpha value is -2.30. The molecule has 0 fully saturated rings. The summed E-state index contributed by atoms with van der Waals surface area (Å²) in [6, 6.07) is 7.50. The van der Waals surface area contributed by atoms with Gasteiger partial charge in [-0.15, -0.1) is 0 Å². The van der Waals surface area contributed by atoms with Gasteiger partial charge in [0.1, 0.15) is 23.1 Å². The molecule has 0 aliphatic heterocycles. The minimum Gasteiger partial charge on any atom is -0.497 e. The summed E-state index contributed by atoms with van der Waals surface area (Å²) in [6.45, 7) is 1.86. The Balaban J connectivity index is 2.59. The molecule has 5 heteroatoms. The Kier molecular flexibility index (Phi) is 3.85. The van der Waals surface area contributed by atoms with E-state index >= 15 is 0 Å². The Morgan fingerprint density at radius 3 is 2.47 bits per heavy atom. The topological polar surface area (TPSA) is 56.3 Å². The van der Waals surface area contributed by atoms with Gasteiger partial charge in [-0.3, -0.25) is 0 Å². The van der Waals surface area contributed by atoms with Crippen LogP contribution in [0.4, 0.5) is 5.82 Å². The van der Waals surface area contributed by atoms with Crippen molar-refractivity contribution in [1.29, 1.82) is 0 Å². The lowest BCUT2D eigenvalue weighted by Crippen LogP contribution is -1.99. The van der Waals surface area contributed by atoms with Crippen LogP contribution in [0.15, 0.2) is 24.3 Å². The Morgan fingerprint density at radius 2 is 1.84 bits per heavy atom. The fourth-order valence-electron chi connectivity index (χ4n) is 1.85. The van der Waals surface area contributed by atoms with Gasteiger partial charge in [0.05, 0.1) is 19.9 Å². The zero-order valence-corrected chi connectivity index (χ0v) is 11.5. The summed E-state index contributed by atoms with van der Waals surface area (Å²) >= 11 is 0. The van der Waals surface area contributed by atoms with E-state index in [2.05, 4.69) is 15.3 Å². The van der Waals surface area contributed by atoms with Crippen molar-refractivity contribution in [1.82, 2.24) is 9.97 Å². The lowest BCUT2D eigenvalue weighted by atomic mass is 10.1. The molecule has 1 heterocycles. The third-order valence-electron chi connectivity index (χ3n) is 2.78. The summed E-state index contributed by atoms with van der Waals surface area (Å²) in [5.41, 5.74) is 1.68. The largest absolute Gasteiger partial charge is 0.497 e. The second-order valence-corrected chi connectivity index (χ2v) is 4.00. The molecule has 0 unspecified atom stereocenters. The van der Waals surface area contributed by atoms with Crippen molar-refractivity contribution in [3.05, 3.63) is 30.1 Å². The van der Waals surface area contributed by atoms with Crippen LogP contribution < -0.4 is 14.8 Å². The molecular formula is C14H17N3O2. The molecule has 1 N–H and O–H groups in total. The van der Waals surface area contributed by atoms with Crippen molar-refractivity contribution >= 4 is 5.82 Å². The van der Waals surface area contributed by atoms with Crippen LogP contribution in [0.25, 0.3) is 11.3 Å². The number of methoxy groups -OCH3 is 2. The van der Waals surface area contributed by atoms with Crippen molar-refractivity contribution in [3.63, 3.8) is 0 Å². The van der Waals surface area contributed by atoms with Gasteiger partial charge in [-0.1, -0.05) is 0 Å². The summed E-state index contributed by atoms with van der Waals surface area (Å²) in [7, 11) is 5.10. The van der Waals surface area contributed by atoms with E-state index in [9.17, 15) is 0 Å². The molecule has 2 rings (SSSR count). The number of hydrogen-bond acceptors (Lipinski definition) is 5. The number of nitrogens with one attached hydrogen (secondary N) is 1. The number of anilines is 1. The molecule has 0 radical (unpaired) electrons. The second-order valence-electron chi connectivity index (χ2n) is 4.00. The molecule has 0 spiro atoms. The van der Waals surface area contributed by atoms with E-state index in [1.807, 2.05) is 38.2 Å². The molecule has 0 saturated heterocycles. The number of benzene rings is 1. The number of nitrogens with zero attached hydrogens (tertiary/aromatic N) is 2. The van der Waals surface area contributed by atoms with Gasteiger partial charge in [-0.25, -0.2) is 9.97 Å². The fourth-order valence-corrected chi connectivity index (χ4v) is 1.85. The molecule has 0 bridgehead atoms. The first-order valence-electron chi connectivity index (χ1n) is 5.93. The maximum atomic E-state index is 5.38. The molecule has 1 aromatic heterocycles. The molecule has 5 nitrogen and oxygen atoms in total. The Bertz CT molecular complexity index is 585. The molecule has 0 atom stereocenters. The van der Waals surface area contributed by atoms with Gasteiger partial charge in [-0.2, -0.15) is 0 Å². The van der Waals surface area contributed by atoms with E-state index in [0.717, 1.165) is 28.6 Å². The summed E-state index contributed by atoms with van der Waals surface area (Å²) in [5.74, 6) is 2.98. The first-order valence-corrected chi connectivity index (χ1v) is 5.93. The molecule has 19 heavy (non-hydrogen) atoms. The van der Waals surface area contributed by atoms with Crippen LogP contribution in [0.3, 0.4) is 0 Å². The van der Waals surface area contributed by atoms with Crippen molar-refractivity contribution in [2.45, 2.75) is 6.92 Å². The highest BCUT2D eigenvalue weighted by atomic mass is 16.5. The zero-order valence-electron chi connectivity index (χ0n) is 11.5. The predicted octanol–water partition coefficient (Wildman–Crippen LogP) is 2.51. The average Bonchev–Trinajstić information content (AvgIpc) is 2.45. The van der Waals surface area contributed by atoms with Crippen molar-refractivity contribution in [2.24, 2.45) is 0 Å². The van der Waals surface area contributed by atoms with Gasteiger partial charge < -0.3 is 14.8 Å². The molecule has 100 valence electrons. The molecule has 0 amide bonds. The summed E-state index contributed by atoms with van der Waals surface area (Å²) in [4.78, 5) is 8.73. The van der Waals surface area contributed by atoms with E-state index < -0.39 is 0 Å². The number of hydrogen-bond donors (Lipinski definition) is 1. The quantitative estimate of drug-likeness (QED) is 0.914. The minimum absolute atomic E-state index is 0.701. The van der Waals surface area contributed by atoms with Crippen LogP contribution in [-0.4, -0.2) is 31.2 Å². The average molecular weight is 259 g/mol. The van der Waals surface area contributed by atoms with E-state index in [-0.39, 0.29) is 0 Å². The summed E-state index contributed by atoms with van der Waals surface area (Å²) in [6.07, 6.45) is 0. The van der Waals surface area contributed by atoms with Gasteiger partial charge in [-0.05, 0) is 25.1 Å². The molecule has 2 aromatic rings. The van der Waals surface area contributed by atoms with Gasteiger partial charge in [0.25, 0.3) is 0 Å². The third kappa shape index (κ3) is 2.76. The zero-order chi connectivity index (χ0) is 13.8. The molecule has 0 aliphatic rings. The van der Waals surface area contributed by atoms with Crippen LogP contribution in [0.1, 0.15) is 5.82 Å². The van der Waals surface area contributed by atoms with E-state index in [4.69, 9.17) is 9.47 Å². The number of rotatable bonds is 4. The van der Waals surface area contributed by atoms with Gasteiger partial charge in [0.2, 0.25) is 0 Å². The maximum Gasteiger partial charge on any atom is 0.130 e. The van der Waals surface area contributed by atoms with Crippen LogP contribution >= 0.6 is 0 Å². The lowest BCUT2D eigenvalue weighted by Gasteiger charge is -2.11. The number of ether oxygens (including phenoxy) is 2. The van der Waals surface area contributed by atoms with Crippen LogP contribution in [0.5, 0.6) is 11.5 Å². The smallest absolute Gasteiger partial charge is 0.130 e. The molecule has 1 aromatic carbocycles. The molecular weight excluding hydrogens is 242 g/mol. The van der Waals surface area contributed by atoms with Gasteiger partial charge in [0.15, 0.2) is 0 Å². The lowest BCUT2D eigenvalue weighted by molar-refractivity contribution is 0.404. The first-order chi connectivity index (χ1) is 9.17.